The van der Waals surface area contributed by atoms with Crippen molar-refractivity contribution >= 4 is 22.6 Å². The molecule has 27 heavy (non-hydrogen) atoms. The number of piperidine rings is 1. The minimum atomic E-state index is -0.299. The molecule has 1 N–H and O–H groups in total. The smallest absolute Gasteiger partial charge is 0.243 e. The molecule has 1 heterocycles. The fraction of sp³-hybridized carbons (Fsp3) is 0.478. The van der Waals surface area contributed by atoms with Gasteiger partial charge in [-0.1, -0.05) is 49.2 Å². The first-order chi connectivity index (χ1) is 13.2. The predicted molar refractivity (Wildman–Crippen MR) is 107 cm³/mol. The van der Waals surface area contributed by atoms with Crippen molar-refractivity contribution in [3.05, 3.63) is 48.0 Å². The topological polar surface area (TPSA) is 49.4 Å². The molecule has 0 radical (unpaired) electrons. The number of fused-ring (bicyclic) bond motifs is 1. The summed E-state index contributed by atoms with van der Waals surface area (Å²) in [5.74, 6) is 0.339. The van der Waals surface area contributed by atoms with E-state index < -0.39 is 0 Å². The third-order valence-corrected chi connectivity index (χ3v) is 6.07. The first kappa shape index (κ1) is 18.0. The quantitative estimate of drug-likeness (QED) is 0.890. The molecule has 1 saturated carbocycles. The Morgan fingerprint density at radius 3 is 2.48 bits per heavy atom. The molecule has 4 heteroatoms. The van der Waals surface area contributed by atoms with Gasteiger partial charge >= 0.3 is 0 Å². The first-order valence-electron chi connectivity index (χ1n) is 10.3. The molecule has 2 aromatic rings. The van der Waals surface area contributed by atoms with E-state index >= 15 is 0 Å². The van der Waals surface area contributed by atoms with Crippen molar-refractivity contribution in [2.75, 3.05) is 6.54 Å². The number of hydrogen-bond acceptors (Lipinski definition) is 2. The lowest BCUT2D eigenvalue weighted by atomic mass is 9.97. The van der Waals surface area contributed by atoms with Crippen molar-refractivity contribution in [1.29, 1.82) is 0 Å². The molecule has 2 aromatic carbocycles. The second-order valence-electron chi connectivity index (χ2n) is 7.92. The summed E-state index contributed by atoms with van der Waals surface area (Å²) in [6.07, 6.45) is 7.06. The lowest BCUT2D eigenvalue weighted by Gasteiger charge is -2.36. The van der Waals surface area contributed by atoms with Gasteiger partial charge in [0.05, 0.1) is 0 Å². The number of nitrogens with zero attached hydrogens (tertiary/aromatic N) is 1. The molecule has 4 rings (SSSR count). The van der Waals surface area contributed by atoms with Gasteiger partial charge in [0.25, 0.3) is 0 Å². The zero-order valence-electron chi connectivity index (χ0n) is 15.8. The summed E-state index contributed by atoms with van der Waals surface area (Å²) in [5, 5.41) is 5.46. The van der Waals surface area contributed by atoms with Crippen molar-refractivity contribution in [3.63, 3.8) is 0 Å². The van der Waals surface area contributed by atoms with Crippen molar-refractivity contribution in [1.82, 2.24) is 10.2 Å². The Kier molecular flexibility index (Phi) is 5.42. The lowest BCUT2D eigenvalue weighted by molar-refractivity contribution is -0.145. The molecule has 1 aliphatic carbocycles. The predicted octanol–water partition coefficient (Wildman–Crippen LogP) is 4.03. The maximum absolute atomic E-state index is 12.9. The molecule has 0 spiro atoms. The minimum Gasteiger partial charge on any atom is -0.350 e. The van der Waals surface area contributed by atoms with Crippen LogP contribution in [0.15, 0.2) is 42.5 Å². The van der Waals surface area contributed by atoms with Gasteiger partial charge in [0.1, 0.15) is 6.04 Å². The fourth-order valence-corrected chi connectivity index (χ4v) is 4.53. The summed E-state index contributed by atoms with van der Waals surface area (Å²) in [7, 11) is 0. The second-order valence-corrected chi connectivity index (χ2v) is 7.92. The molecule has 4 nitrogen and oxygen atoms in total. The summed E-state index contributed by atoms with van der Waals surface area (Å²) in [6.45, 7) is 1.23. The highest BCUT2D eigenvalue weighted by atomic mass is 16.2. The van der Waals surface area contributed by atoms with Gasteiger partial charge in [-0.25, -0.2) is 0 Å². The van der Waals surface area contributed by atoms with Crippen LogP contribution in [0.4, 0.5) is 0 Å². The highest BCUT2D eigenvalue weighted by Crippen LogP contribution is 2.29. The number of benzene rings is 2. The minimum absolute atomic E-state index is 0.00537. The fourth-order valence-electron chi connectivity index (χ4n) is 4.53. The number of amides is 2. The number of rotatable bonds is 4. The average molecular weight is 364 g/mol. The number of nitrogens with one attached hydrogen (secondary N) is 1. The van der Waals surface area contributed by atoms with Crippen molar-refractivity contribution in [2.45, 2.75) is 57.5 Å². The van der Waals surface area contributed by atoms with Crippen LogP contribution in [0.1, 0.15) is 50.5 Å². The van der Waals surface area contributed by atoms with Crippen LogP contribution in [0.3, 0.4) is 0 Å². The molecule has 1 saturated heterocycles. The summed E-state index contributed by atoms with van der Waals surface area (Å²) in [6, 6.07) is 14.2. The molecule has 0 aromatic heterocycles. The number of hydrogen-bond donors (Lipinski definition) is 1. The van der Waals surface area contributed by atoms with Gasteiger partial charge in [-0.15, -0.1) is 0 Å². The van der Waals surface area contributed by atoms with E-state index in [9.17, 15) is 9.59 Å². The maximum Gasteiger partial charge on any atom is 0.243 e. The highest BCUT2D eigenvalue weighted by Gasteiger charge is 2.36. The van der Waals surface area contributed by atoms with E-state index in [0.717, 1.165) is 57.1 Å². The third kappa shape index (κ3) is 4.00. The van der Waals surface area contributed by atoms with Gasteiger partial charge < -0.3 is 10.2 Å². The SMILES string of the molecule is O=C(NCc1ccc2ccccc2c1)C1CCCCN1C(=O)C1CCCC1. The Labute approximate surface area is 160 Å². The number of carbonyl (C=O) groups is 2. The van der Waals surface area contributed by atoms with Gasteiger partial charge in [0, 0.05) is 19.0 Å². The zero-order chi connectivity index (χ0) is 18.6. The molecule has 1 aliphatic heterocycles. The van der Waals surface area contributed by atoms with E-state index in [1.54, 1.807) is 0 Å². The van der Waals surface area contributed by atoms with Crippen LogP contribution >= 0.6 is 0 Å². The van der Waals surface area contributed by atoms with Gasteiger partial charge in [-0.2, -0.15) is 0 Å². The van der Waals surface area contributed by atoms with Crippen LogP contribution in [0.25, 0.3) is 10.8 Å². The van der Waals surface area contributed by atoms with Gasteiger partial charge in [0.2, 0.25) is 11.8 Å². The second kappa shape index (κ2) is 8.12. The normalized spacial score (nSPS) is 20.7. The number of carbonyl (C=O) groups excluding carboxylic acids is 2. The van der Waals surface area contributed by atoms with Crippen LogP contribution < -0.4 is 5.32 Å². The summed E-state index contributed by atoms with van der Waals surface area (Å²) >= 11 is 0. The summed E-state index contributed by atoms with van der Waals surface area (Å²) in [4.78, 5) is 27.6. The maximum atomic E-state index is 12.9. The molecule has 0 bridgehead atoms. The Hall–Kier alpha value is -2.36. The van der Waals surface area contributed by atoms with Crippen LogP contribution in [-0.4, -0.2) is 29.3 Å². The van der Waals surface area contributed by atoms with E-state index in [2.05, 4.69) is 35.6 Å². The highest BCUT2D eigenvalue weighted by molar-refractivity contribution is 5.89. The monoisotopic (exact) mass is 364 g/mol. The van der Waals surface area contributed by atoms with Crippen LogP contribution in [-0.2, 0) is 16.1 Å². The molecule has 2 fully saturated rings. The molecule has 142 valence electrons. The molecular weight excluding hydrogens is 336 g/mol. The van der Waals surface area contributed by atoms with Gasteiger partial charge in [-0.3, -0.25) is 9.59 Å². The van der Waals surface area contributed by atoms with Crippen LogP contribution in [0, 0.1) is 5.92 Å². The third-order valence-electron chi connectivity index (χ3n) is 6.07. The van der Waals surface area contributed by atoms with E-state index in [1.807, 2.05) is 17.0 Å². The molecule has 2 amide bonds. The zero-order valence-corrected chi connectivity index (χ0v) is 15.8. The molecular formula is C23H28N2O2. The Morgan fingerprint density at radius 1 is 0.926 bits per heavy atom. The molecule has 1 atom stereocenters. The Bertz CT molecular complexity index is 826. The van der Waals surface area contributed by atoms with Crippen molar-refractivity contribution in [2.24, 2.45) is 5.92 Å². The van der Waals surface area contributed by atoms with E-state index in [0.29, 0.717) is 6.54 Å². The first-order valence-corrected chi connectivity index (χ1v) is 10.3. The largest absolute Gasteiger partial charge is 0.350 e. The van der Waals surface area contributed by atoms with Crippen LogP contribution in [0.2, 0.25) is 0 Å². The number of likely N-dealkylation sites (tertiary alicyclic amines) is 1. The summed E-state index contributed by atoms with van der Waals surface area (Å²) in [5.41, 5.74) is 1.09. The van der Waals surface area contributed by atoms with E-state index in [1.165, 1.54) is 10.8 Å². The van der Waals surface area contributed by atoms with E-state index in [-0.39, 0.29) is 23.8 Å². The van der Waals surface area contributed by atoms with Crippen molar-refractivity contribution in [3.8, 4) is 0 Å². The van der Waals surface area contributed by atoms with Crippen molar-refractivity contribution < 1.29 is 9.59 Å². The lowest BCUT2D eigenvalue weighted by Crippen LogP contribution is -2.53. The summed E-state index contributed by atoms with van der Waals surface area (Å²) < 4.78 is 0. The Balaban J connectivity index is 1.41. The molecule has 2 aliphatic rings. The van der Waals surface area contributed by atoms with Crippen LogP contribution in [0.5, 0.6) is 0 Å². The van der Waals surface area contributed by atoms with Gasteiger partial charge in [-0.05, 0) is 54.5 Å². The van der Waals surface area contributed by atoms with E-state index in [4.69, 9.17) is 0 Å². The average Bonchev–Trinajstić information content (AvgIpc) is 3.26. The Morgan fingerprint density at radius 2 is 1.67 bits per heavy atom. The standard InChI is InChI=1S/C23H28N2O2/c26-22(24-16-17-12-13-18-7-1-4-10-20(18)15-17)21-11-5-6-14-25(21)23(27)19-8-2-3-9-19/h1,4,7,10,12-13,15,19,21H,2-3,5-6,8-9,11,14,16H2,(H,24,26). The molecule has 1 unspecified atom stereocenters. The van der Waals surface area contributed by atoms with Gasteiger partial charge in [0.15, 0.2) is 0 Å².